The Morgan fingerprint density at radius 2 is 1.46 bits per heavy atom. The number of ketones is 1. The summed E-state index contributed by atoms with van der Waals surface area (Å²) in [7, 11) is 3.50. The van der Waals surface area contributed by atoms with Gasteiger partial charge in [0, 0.05) is 0 Å². The zero-order chi connectivity index (χ0) is 19.4. The third-order valence-electron chi connectivity index (χ3n) is 4.48. The number of hydrogen-bond donors (Lipinski definition) is 0. The van der Waals surface area contributed by atoms with Crippen molar-refractivity contribution in [1.29, 1.82) is 0 Å². The minimum atomic E-state index is -1.71. The normalized spacial score (nSPS) is 21.6. The number of hydrogen-bond acceptors (Lipinski definition) is 7. The third-order valence-corrected chi connectivity index (χ3v) is 7.41. The average Bonchev–Trinajstić information content (AvgIpc) is 2.68. The first-order valence-electron chi connectivity index (χ1n) is 7.89. The molecule has 0 heterocycles. The minimum absolute atomic E-state index is 0.0607. The Bertz CT molecular complexity index is 690. The second-order valence-electron chi connectivity index (χ2n) is 5.90. The van der Waals surface area contributed by atoms with Crippen LogP contribution in [0.5, 0.6) is 0 Å². The molecular formula is C18H20O7Se. The van der Waals surface area contributed by atoms with Crippen molar-refractivity contribution in [1.82, 2.24) is 0 Å². The van der Waals surface area contributed by atoms with Gasteiger partial charge in [-0.05, 0) is 0 Å². The van der Waals surface area contributed by atoms with Crippen LogP contribution in [0.2, 0.25) is 4.31 Å². The van der Waals surface area contributed by atoms with Gasteiger partial charge in [0.15, 0.2) is 0 Å². The first kappa shape index (κ1) is 20.1. The molecular weight excluding hydrogens is 407 g/mol. The fourth-order valence-corrected chi connectivity index (χ4v) is 6.07. The molecule has 7 nitrogen and oxygen atoms in total. The molecule has 2 rings (SSSR count). The van der Waals surface area contributed by atoms with Gasteiger partial charge in [-0.3, -0.25) is 0 Å². The zero-order valence-corrected chi connectivity index (χ0v) is 16.5. The number of carbonyl (C=O) groups is 4. The van der Waals surface area contributed by atoms with Crippen molar-refractivity contribution in [2.24, 2.45) is 5.41 Å². The summed E-state index contributed by atoms with van der Waals surface area (Å²) in [4.78, 5) is 50.5. The van der Waals surface area contributed by atoms with E-state index in [1.165, 1.54) is 7.11 Å². The predicted molar refractivity (Wildman–Crippen MR) is 91.9 cm³/mol. The molecule has 0 radical (unpaired) electrons. The van der Waals surface area contributed by atoms with E-state index in [1.54, 1.807) is 24.3 Å². The Hall–Kier alpha value is -2.18. The van der Waals surface area contributed by atoms with Gasteiger partial charge in [-0.15, -0.1) is 0 Å². The van der Waals surface area contributed by atoms with E-state index in [0.717, 1.165) is 18.7 Å². The Balaban J connectivity index is 2.57. The Labute approximate surface area is 157 Å². The average molecular weight is 427 g/mol. The van der Waals surface area contributed by atoms with Crippen LogP contribution >= 0.6 is 0 Å². The number of carbonyl (C=O) groups excluding carboxylic acids is 4. The summed E-state index contributed by atoms with van der Waals surface area (Å²) in [5, 5.41) is 0. The van der Waals surface area contributed by atoms with Gasteiger partial charge in [0.2, 0.25) is 0 Å². The second kappa shape index (κ2) is 8.01. The molecule has 0 saturated heterocycles. The summed E-state index contributed by atoms with van der Waals surface area (Å²) in [5.41, 5.74) is -1.71. The quantitative estimate of drug-likeness (QED) is 0.291. The molecule has 26 heavy (non-hydrogen) atoms. The van der Waals surface area contributed by atoms with Crippen LogP contribution < -0.4 is 4.46 Å². The van der Waals surface area contributed by atoms with Gasteiger partial charge in [-0.2, -0.15) is 0 Å². The molecule has 1 aromatic carbocycles. The molecule has 1 atom stereocenters. The van der Waals surface area contributed by atoms with Crippen molar-refractivity contribution in [2.45, 2.75) is 23.6 Å². The number of benzene rings is 1. The van der Waals surface area contributed by atoms with E-state index >= 15 is 0 Å². The molecule has 1 unspecified atom stereocenters. The molecule has 0 aliphatic heterocycles. The zero-order valence-electron chi connectivity index (χ0n) is 14.8. The molecule has 0 N–H and O–H groups in total. The van der Waals surface area contributed by atoms with Crippen LogP contribution in [0.4, 0.5) is 0 Å². The maximum absolute atomic E-state index is 12.8. The molecule has 1 aliphatic rings. The first-order chi connectivity index (χ1) is 12.4. The van der Waals surface area contributed by atoms with Crippen molar-refractivity contribution in [3.63, 3.8) is 0 Å². The third kappa shape index (κ3) is 3.39. The van der Waals surface area contributed by atoms with Gasteiger partial charge in [0.25, 0.3) is 0 Å². The fraction of sp³-hybridized carbons (Fsp3) is 0.444. The van der Waals surface area contributed by atoms with E-state index in [0.29, 0.717) is 0 Å². The van der Waals surface area contributed by atoms with Crippen LogP contribution in [0.15, 0.2) is 30.3 Å². The SMILES string of the molecule is COC(=O)C1(C(=O)OC)CCC(=O)C([Se]c2ccccc2)(C(=O)OC)C1. The van der Waals surface area contributed by atoms with E-state index in [2.05, 4.69) is 0 Å². The van der Waals surface area contributed by atoms with Crippen LogP contribution in [0.1, 0.15) is 19.3 Å². The Kier molecular flexibility index (Phi) is 6.21. The van der Waals surface area contributed by atoms with Crippen LogP contribution in [0.25, 0.3) is 0 Å². The topological polar surface area (TPSA) is 96.0 Å². The molecule has 1 saturated carbocycles. The summed E-state index contributed by atoms with van der Waals surface area (Å²) < 4.78 is 13.7. The maximum atomic E-state index is 12.8. The molecule has 1 fully saturated rings. The van der Waals surface area contributed by atoms with Crippen LogP contribution in [-0.4, -0.2) is 60.0 Å². The van der Waals surface area contributed by atoms with Crippen molar-refractivity contribution < 1.29 is 33.4 Å². The van der Waals surface area contributed by atoms with Gasteiger partial charge >= 0.3 is 157 Å². The van der Waals surface area contributed by atoms with Crippen molar-refractivity contribution >= 4 is 43.1 Å². The molecule has 1 aliphatic carbocycles. The molecule has 8 heteroatoms. The van der Waals surface area contributed by atoms with Gasteiger partial charge in [-0.1, -0.05) is 0 Å². The summed E-state index contributed by atoms with van der Waals surface area (Å²) in [6.45, 7) is 0. The monoisotopic (exact) mass is 428 g/mol. The summed E-state index contributed by atoms with van der Waals surface area (Å²) in [5.74, 6) is -2.71. The van der Waals surface area contributed by atoms with Crippen LogP contribution in [0, 0.1) is 5.41 Å². The van der Waals surface area contributed by atoms with Crippen LogP contribution in [-0.2, 0) is 33.4 Å². The van der Waals surface area contributed by atoms with Gasteiger partial charge < -0.3 is 0 Å². The standard InChI is InChI=1S/C18H20O7Se/c1-23-14(20)17(15(21)24-2)10-9-13(19)18(11-17,16(22)25-3)26-12-7-5-4-6-8-12/h4-8H,9-11H2,1-3H3. The van der Waals surface area contributed by atoms with E-state index in [9.17, 15) is 19.2 Å². The molecule has 140 valence electrons. The van der Waals surface area contributed by atoms with Crippen molar-refractivity contribution in [2.75, 3.05) is 21.3 Å². The number of esters is 3. The molecule has 1 aromatic rings. The molecule has 0 amide bonds. The summed E-state index contributed by atoms with van der Waals surface area (Å²) in [6.07, 6.45) is -0.498. The first-order valence-corrected chi connectivity index (χ1v) is 9.60. The van der Waals surface area contributed by atoms with E-state index in [4.69, 9.17) is 14.2 Å². The number of ether oxygens (including phenoxy) is 3. The summed E-state index contributed by atoms with van der Waals surface area (Å²) in [6, 6.07) is 9.00. The van der Waals surface area contributed by atoms with Crippen molar-refractivity contribution in [3.8, 4) is 0 Å². The summed E-state index contributed by atoms with van der Waals surface area (Å²) >= 11 is -0.688. The predicted octanol–water partition coefficient (Wildman–Crippen LogP) is 0.433. The number of rotatable bonds is 5. The van der Waals surface area contributed by atoms with E-state index in [-0.39, 0.29) is 25.0 Å². The van der Waals surface area contributed by atoms with Crippen molar-refractivity contribution in [3.05, 3.63) is 30.3 Å². The van der Waals surface area contributed by atoms with Gasteiger partial charge in [-0.25, -0.2) is 0 Å². The van der Waals surface area contributed by atoms with E-state index < -0.39 is 42.6 Å². The molecule has 0 aromatic heterocycles. The Morgan fingerprint density at radius 1 is 0.923 bits per heavy atom. The van der Waals surface area contributed by atoms with Crippen LogP contribution in [0.3, 0.4) is 0 Å². The second-order valence-corrected chi connectivity index (χ2v) is 8.78. The molecule has 0 bridgehead atoms. The van der Waals surface area contributed by atoms with E-state index in [1.807, 2.05) is 6.07 Å². The Morgan fingerprint density at radius 3 is 1.96 bits per heavy atom. The number of methoxy groups -OCH3 is 3. The van der Waals surface area contributed by atoms with Gasteiger partial charge in [0.1, 0.15) is 0 Å². The molecule has 0 spiro atoms. The van der Waals surface area contributed by atoms with Gasteiger partial charge in [0.05, 0.1) is 0 Å². The fourth-order valence-electron chi connectivity index (χ4n) is 3.14. The number of Topliss-reactive ketones (excluding diaryl/α,β-unsaturated/α-hetero) is 1.